The first kappa shape index (κ1) is 18.3. The monoisotopic (exact) mass is 405 g/mol. The van der Waals surface area contributed by atoms with Gasteiger partial charge in [-0.1, -0.05) is 6.92 Å². The molecule has 1 saturated carbocycles. The molecule has 2 N–H and O–H groups in total. The molecule has 0 aliphatic heterocycles. The van der Waals surface area contributed by atoms with E-state index in [1.165, 1.54) is 31.2 Å². The van der Waals surface area contributed by atoms with Gasteiger partial charge in [0.2, 0.25) is 0 Å². The first-order chi connectivity index (χ1) is 9.67. The van der Waals surface area contributed by atoms with Gasteiger partial charge in [-0.15, -0.1) is 24.0 Å². The highest BCUT2D eigenvalue weighted by Crippen LogP contribution is 2.23. The van der Waals surface area contributed by atoms with Crippen LogP contribution in [0.25, 0.3) is 0 Å². The lowest BCUT2D eigenvalue weighted by molar-refractivity contribution is 0.329. The number of nitrogens with zero attached hydrogens (tertiary/aromatic N) is 3. The number of aryl methyl sites for hydroxylation is 1. The summed E-state index contributed by atoms with van der Waals surface area (Å²) in [5.74, 6) is 1.81. The number of nitrogens with one attached hydrogen (secondary N) is 2. The SMILES string of the molecule is CN=C(NCCc1cnn(C)c1)NC1CCC(C)CC1.I. The Hall–Kier alpha value is -0.790. The molecule has 1 aliphatic carbocycles. The highest BCUT2D eigenvalue weighted by molar-refractivity contribution is 14.0. The summed E-state index contributed by atoms with van der Waals surface area (Å²) >= 11 is 0. The molecule has 120 valence electrons. The molecule has 21 heavy (non-hydrogen) atoms. The van der Waals surface area contributed by atoms with E-state index < -0.39 is 0 Å². The van der Waals surface area contributed by atoms with Crippen molar-refractivity contribution in [2.75, 3.05) is 13.6 Å². The number of rotatable bonds is 4. The number of halogens is 1. The highest BCUT2D eigenvalue weighted by Gasteiger charge is 2.18. The normalized spacial score (nSPS) is 22.5. The number of hydrogen-bond donors (Lipinski definition) is 2. The van der Waals surface area contributed by atoms with Gasteiger partial charge in [-0.25, -0.2) is 0 Å². The highest BCUT2D eigenvalue weighted by atomic mass is 127. The van der Waals surface area contributed by atoms with Crippen LogP contribution >= 0.6 is 24.0 Å². The van der Waals surface area contributed by atoms with Gasteiger partial charge in [0.05, 0.1) is 6.20 Å². The van der Waals surface area contributed by atoms with Crippen molar-refractivity contribution in [1.82, 2.24) is 20.4 Å². The van der Waals surface area contributed by atoms with Crippen LogP contribution in [0.15, 0.2) is 17.4 Å². The largest absolute Gasteiger partial charge is 0.356 e. The minimum Gasteiger partial charge on any atom is -0.356 e. The molecule has 1 aromatic rings. The molecule has 1 aromatic heterocycles. The summed E-state index contributed by atoms with van der Waals surface area (Å²) in [5.41, 5.74) is 1.25. The second kappa shape index (κ2) is 9.27. The van der Waals surface area contributed by atoms with Crippen LogP contribution in [0, 0.1) is 5.92 Å². The zero-order valence-electron chi connectivity index (χ0n) is 13.3. The van der Waals surface area contributed by atoms with Crippen LogP contribution < -0.4 is 10.6 Å². The number of aliphatic imine (C=N–C) groups is 1. The van der Waals surface area contributed by atoms with E-state index in [-0.39, 0.29) is 24.0 Å². The molecule has 2 rings (SSSR count). The van der Waals surface area contributed by atoms with E-state index in [0.717, 1.165) is 24.8 Å². The lowest BCUT2D eigenvalue weighted by Gasteiger charge is -2.28. The second-order valence-corrected chi connectivity index (χ2v) is 5.87. The van der Waals surface area contributed by atoms with Crippen molar-refractivity contribution >= 4 is 29.9 Å². The van der Waals surface area contributed by atoms with Crippen LogP contribution in [0.2, 0.25) is 0 Å². The number of guanidine groups is 1. The smallest absolute Gasteiger partial charge is 0.191 e. The van der Waals surface area contributed by atoms with Crippen LogP contribution in [0.1, 0.15) is 38.2 Å². The Morgan fingerprint density at radius 3 is 2.67 bits per heavy atom. The first-order valence-corrected chi connectivity index (χ1v) is 7.62. The predicted octanol–water partition coefficient (Wildman–Crippen LogP) is 2.32. The van der Waals surface area contributed by atoms with Gasteiger partial charge in [0.15, 0.2) is 5.96 Å². The molecule has 1 fully saturated rings. The van der Waals surface area contributed by atoms with Crippen molar-refractivity contribution in [2.24, 2.45) is 18.0 Å². The topological polar surface area (TPSA) is 54.2 Å². The van der Waals surface area contributed by atoms with Crippen molar-refractivity contribution in [3.63, 3.8) is 0 Å². The van der Waals surface area contributed by atoms with Gasteiger partial charge < -0.3 is 10.6 Å². The molecule has 5 nitrogen and oxygen atoms in total. The molecule has 1 aliphatic rings. The van der Waals surface area contributed by atoms with E-state index >= 15 is 0 Å². The molecule has 0 spiro atoms. The van der Waals surface area contributed by atoms with Crippen molar-refractivity contribution < 1.29 is 0 Å². The Morgan fingerprint density at radius 2 is 2.10 bits per heavy atom. The van der Waals surface area contributed by atoms with Gasteiger partial charge >= 0.3 is 0 Å². The molecule has 0 atom stereocenters. The van der Waals surface area contributed by atoms with Gasteiger partial charge in [-0.3, -0.25) is 9.67 Å². The lowest BCUT2D eigenvalue weighted by atomic mass is 9.87. The van der Waals surface area contributed by atoms with Crippen LogP contribution in [0.3, 0.4) is 0 Å². The maximum atomic E-state index is 4.31. The van der Waals surface area contributed by atoms with E-state index in [1.54, 1.807) is 0 Å². The van der Waals surface area contributed by atoms with Gasteiger partial charge in [-0.2, -0.15) is 5.10 Å². The Balaban J connectivity index is 0.00000220. The summed E-state index contributed by atoms with van der Waals surface area (Å²) in [6, 6.07) is 0.579. The molecule has 1 heterocycles. The summed E-state index contributed by atoms with van der Waals surface area (Å²) in [6.07, 6.45) is 10.1. The summed E-state index contributed by atoms with van der Waals surface area (Å²) in [6.45, 7) is 3.23. The van der Waals surface area contributed by atoms with Gasteiger partial charge in [0.25, 0.3) is 0 Å². The van der Waals surface area contributed by atoms with E-state index in [4.69, 9.17) is 0 Å². The Morgan fingerprint density at radius 1 is 1.38 bits per heavy atom. The quantitative estimate of drug-likeness (QED) is 0.459. The summed E-state index contributed by atoms with van der Waals surface area (Å²) in [7, 11) is 3.78. The van der Waals surface area contributed by atoms with Crippen molar-refractivity contribution in [3.8, 4) is 0 Å². The fourth-order valence-electron chi connectivity index (χ4n) is 2.72. The maximum Gasteiger partial charge on any atom is 0.191 e. The number of hydrogen-bond acceptors (Lipinski definition) is 2. The van der Waals surface area contributed by atoms with E-state index in [9.17, 15) is 0 Å². The van der Waals surface area contributed by atoms with Crippen LogP contribution in [0.4, 0.5) is 0 Å². The van der Waals surface area contributed by atoms with Crippen molar-refractivity contribution in [2.45, 2.75) is 45.1 Å². The Bertz CT molecular complexity index is 435. The third-order valence-corrected chi connectivity index (χ3v) is 4.04. The van der Waals surface area contributed by atoms with Gasteiger partial charge in [-0.05, 0) is 43.6 Å². The summed E-state index contributed by atoms with van der Waals surface area (Å²) < 4.78 is 1.84. The predicted molar refractivity (Wildman–Crippen MR) is 98.2 cm³/mol. The van der Waals surface area contributed by atoms with Gasteiger partial charge in [0, 0.05) is 32.9 Å². The molecule has 0 radical (unpaired) electrons. The zero-order chi connectivity index (χ0) is 14.4. The van der Waals surface area contributed by atoms with E-state index in [1.807, 2.05) is 25.0 Å². The molecule has 0 amide bonds. The zero-order valence-corrected chi connectivity index (χ0v) is 15.6. The first-order valence-electron chi connectivity index (χ1n) is 7.62. The molecule has 6 heteroatoms. The molecular weight excluding hydrogens is 377 g/mol. The van der Waals surface area contributed by atoms with Crippen LogP contribution in [0.5, 0.6) is 0 Å². The molecule has 0 bridgehead atoms. The molecular formula is C15H28IN5. The minimum absolute atomic E-state index is 0. The molecule has 0 unspecified atom stereocenters. The average molecular weight is 405 g/mol. The van der Waals surface area contributed by atoms with Crippen LogP contribution in [-0.4, -0.2) is 35.4 Å². The number of aromatic nitrogens is 2. The van der Waals surface area contributed by atoms with Crippen molar-refractivity contribution in [3.05, 3.63) is 18.0 Å². The molecule has 0 aromatic carbocycles. The Kier molecular flexibility index (Phi) is 8.06. The van der Waals surface area contributed by atoms with E-state index in [2.05, 4.69) is 33.8 Å². The van der Waals surface area contributed by atoms with Crippen molar-refractivity contribution in [1.29, 1.82) is 0 Å². The second-order valence-electron chi connectivity index (χ2n) is 5.87. The Labute approximate surface area is 145 Å². The third-order valence-electron chi connectivity index (χ3n) is 4.04. The summed E-state index contributed by atoms with van der Waals surface area (Å²) in [4.78, 5) is 4.31. The fraction of sp³-hybridized carbons (Fsp3) is 0.733. The maximum absolute atomic E-state index is 4.31. The minimum atomic E-state index is 0. The van der Waals surface area contributed by atoms with Gasteiger partial charge in [0.1, 0.15) is 0 Å². The van der Waals surface area contributed by atoms with E-state index in [0.29, 0.717) is 6.04 Å². The fourth-order valence-corrected chi connectivity index (χ4v) is 2.72. The standard InChI is InChI=1S/C15H27N5.HI/c1-12-4-6-14(7-5-12)19-15(16-2)17-9-8-13-10-18-20(3)11-13;/h10-12,14H,4-9H2,1-3H3,(H2,16,17,19);1H. The summed E-state index contributed by atoms with van der Waals surface area (Å²) in [5, 5.41) is 11.1. The van der Waals surface area contributed by atoms with Crippen LogP contribution in [-0.2, 0) is 13.5 Å². The average Bonchev–Trinajstić information content (AvgIpc) is 2.85. The molecule has 0 saturated heterocycles. The lowest BCUT2D eigenvalue weighted by Crippen LogP contribution is -2.45. The third kappa shape index (κ3) is 6.23.